The van der Waals surface area contributed by atoms with Gasteiger partial charge in [-0.05, 0) is 12.8 Å². The zero-order valence-corrected chi connectivity index (χ0v) is 7.97. The first-order valence-corrected chi connectivity index (χ1v) is 4.69. The molecule has 0 bridgehead atoms. The van der Waals surface area contributed by atoms with Crippen LogP contribution in [0.1, 0.15) is 32.6 Å². The van der Waals surface area contributed by atoms with Gasteiger partial charge in [0, 0.05) is 30.7 Å². The van der Waals surface area contributed by atoms with Crippen LogP contribution in [-0.2, 0) is 4.79 Å². The number of ketones is 1. The van der Waals surface area contributed by atoms with Crippen LogP contribution in [-0.4, -0.2) is 11.8 Å². The van der Waals surface area contributed by atoms with Crippen molar-refractivity contribution in [1.82, 2.24) is 5.32 Å². The molecule has 1 unspecified atom stereocenters. The molecule has 2 heteroatoms. The molecular weight excluding hydrogens is 162 g/mol. The first-order valence-electron chi connectivity index (χ1n) is 4.69. The smallest absolute Gasteiger partial charge is 0.157 e. The summed E-state index contributed by atoms with van der Waals surface area (Å²) in [6, 6.07) is 0.321. The first-order chi connectivity index (χ1) is 6.26. The summed E-state index contributed by atoms with van der Waals surface area (Å²) in [5.74, 6) is 2.85. The zero-order chi connectivity index (χ0) is 9.68. The lowest BCUT2D eigenvalue weighted by Crippen LogP contribution is -2.26. The highest BCUT2D eigenvalue weighted by Gasteiger charge is 2.14. The quantitative estimate of drug-likeness (QED) is 0.661. The van der Waals surface area contributed by atoms with Gasteiger partial charge in [0.05, 0.1) is 0 Å². The Morgan fingerprint density at radius 2 is 2.46 bits per heavy atom. The lowest BCUT2D eigenvalue weighted by Gasteiger charge is -2.15. The summed E-state index contributed by atoms with van der Waals surface area (Å²) in [4.78, 5) is 10.9. The van der Waals surface area contributed by atoms with E-state index in [9.17, 15) is 4.79 Å². The van der Waals surface area contributed by atoms with Gasteiger partial charge in [-0.3, -0.25) is 4.79 Å². The standard InChI is InChI=1S/C11H15NO/c1-3-5-9(4-2)12-10-6-7-11(13)8-10/h1,8-9,12H,4-7H2,2H3. The van der Waals surface area contributed by atoms with Crippen LogP contribution in [0.3, 0.4) is 0 Å². The van der Waals surface area contributed by atoms with E-state index in [0.29, 0.717) is 12.5 Å². The molecule has 0 saturated carbocycles. The largest absolute Gasteiger partial charge is 0.385 e. The van der Waals surface area contributed by atoms with Crippen molar-refractivity contribution in [3.05, 3.63) is 11.8 Å². The van der Waals surface area contributed by atoms with E-state index < -0.39 is 0 Å². The third kappa shape index (κ3) is 2.95. The van der Waals surface area contributed by atoms with Crippen LogP contribution in [0, 0.1) is 12.3 Å². The maximum atomic E-state index is 10.9. The second-order valence-electron chi connectivity index (χ2n) is 3.29. The molecule has 1 rings (SSSR count). The van der Waals surface area contributed by atoms with Gasteiger partial charge in [0.25, 0.3) is 0 Å². The molecule has 0 heterocycles. The first kappa shape index (κ1) is 9.85. The number of carbonyl (C=O) groups is 1. The van der Waals surface area contributed by atoms with E-state index in [2.05, 4.69) is 18.2 Å². The topological polar surface area (TPSA) is 29.1 Å². The molecule has 0 saturated heterocycles. The van der Waals surface area contributed by atoms with Gasteiger partial charge in [0.15, 0.2) is 5.78 Å². The summed E-state index contributed by atoms with van der Waals surface area (Å²) in [6.07, 6.45) is 10.1. The Labute approximate surface area is 79.4 Å². The van der Waals surface area contributed by atoms with E-state index in [4.69, 9.17) is 6.42 Å². The molecule has 0 radical (unpaired) electrons. The molecule has 13 heavy (non-hydrogen) atoms. The highest BCUT2D eigenvalue weighted by atomic mass is 16.1. The number of hydrogen-bond donors (Lipinski definition) is 1. The Balaban J connectivity index is 2.43. The van der Waals surface area contributed by atoms with Gasteiger partial charge in [0.1, 0.15) is 0 Å². The lowest BCUT2D eigenvalue weighted by atomic mass is 10.1. The van der Waals surface area contributed by atoms with Crippen LogP contribution >= 0.6 is 0 Å². The van der Waals surface area contributed by atoms with Gasteiger partial charge < -0.3 is 5.32 Å². The minimum absolute atomic E-state index is 0.220. The summed E-state index contributed by atoms with van der Waals surface area (Å²) in [7, 11) is 0. The van der Waals surface area contributed by atoms with Crippen molar-refractivity contribution in [3.63, 3.8) is 0 Å². The Hall–Kier alpha value is -1.23. The van der Waals surface area contributed by atoms with Crippen molar-refractivity contribution in [2.45, 2.75) is 38.6 Å². The summed E-state index contributed by atoms with van der Waals surface area (Å²) in [5.41, 5.74) is 1.05. The molecule has 0 fully saturated rings. The molecule has 1 aliphatic rings. The molecule has 0 aromatic carbocycles. The van der Waals surface area contributed by atoms with Crippen molar-refractivity contribution in [2.24, 2.45) is 0 Å². The third-order valence-corrected chi connectivity index (χ3v) is 2.22. The van der Waals surface area contributed by atoms with Gasteiger partial charge in [-0.15, -0.1) is 12.3 Å². The Kier molecular flexibility index (Phi) is 3.57. The van der Waals surface area contributed by atoms with Crippen LogP contribution in [0.25, 0.3) is 0 Å². The average Bonchev–Trinajstić information content (AvgIpc) is 2.50. The second-order valence-corrected chi connectivity index (χ2v) is 3.29. The number of hydrogen-bond acceptors (Lipinski definition) is 2. The predicted molar refractivity (Wildman–Crippen MR) is 53.0 cm³/mol. The van der Waals surface area contributed by atoms with Crippen molar-refractivity contribution in [3.8, 4) is 12.3 Å². The fraction of sp³-hybridized carbons (Fsp3) is 0.545. The maximum absolute atomic E-state index is 10.9. The lowest BCUT2D eigenvalue weighted by molar-refractivity contribution is -0.114. The van der Waals surface area contributed by atoms with Crippen molar-refractivity contribution >= 4 is 5.78 Å². The van der Waals surface area contributed by atoms with Crippen LogP contribution in [0.15, 0.2) is 11.8 Å². The Morgan fingerprint density at radius 3 is 2.92 bits per heavy atom. The molecule has 2 nitrogen and oxygen atoms in total. The van der Waals surface area contributed by atoms with E-state index in [-0.39, 0.29) is 5.78 Å². The summed E-state index contributed by atoms with van der Waals surface area (Å²) >= 11 is 0. The van der Waals surface area contributed by atoms with Gasteiger partial charge in [0.2, 0.25) is 0 Å². The van der Waals surface area contributed by atoms with Gasteiger partial charge >= 0.3 is 0 Å². The molecule has 0 aliphatic heterocycles. The van der Waals surface area contributed by atoms with E-state index in [1.807, 2.05) is 0 Å². The average molecular weight is 177 g/mol. The van der Waals surface area contributed by atoms with E-state index in [1.165, 1.54) is 0 Å². The molecule has 70 valence electrons. The van der Waals surface area contributed by atoms with Crippen molar-refractivity contribution in [2.75, 3.05) is 0 Å². The fourth-order valence-electron chi connectivity index (χ4n) is 1.41. The molecule has 0 aromatic rings. The number of terminal acetylenes is 1. The maximum Gasteiger partial charge on any atom is 0.157 e. The molecular formula is C11H15NO. The summed E-state index contributed by atoms with van der Waals surface area (Å²) < 4.78 is 0. The Morgan fingerprint density at radius 1 is 1.69 bits per heavy atom. The van der Waals surface area contributed by atoms with Crippen molar-refractivity contribution in [1.29, 1.82) is 0 Å². The van der Waals surface area contributed by atoms with Gasteiger partial charge in [-0.2, -0.15) is 0 Å². The van der Waals surface area contributed by atoms with E-state index in [1.54, 1.807) is 6.08 Å². The molecule has 1 atom stereocenters. The second kappa shape index (κ2) is 4.71. The van der Waals surface area contributed by atoms with Gasteiger partial charge in [-0.1, -0.05) is 6.92 Å². The fourth-order valence-corrected chi connectivity index (χ4v) is 1.41. The minimum Gasteiger partial charge on any atom is -0.385 e. The van der Waals surface area contributed by atoms with Crippen molar-refractivity contribution < 1.29 is 4.79 Å². The zero-order valence-electron chi connectivity index (χ0n) is 7.97. The molecule has 0 spiro atoms. The van der Waals surface area contributed by atoms with Gasteiger partial charge in [-0.25, -0.2) is 0 Å². The SMILES string of the molecule is C#CCC(CC)NC1=CC(=O)CC1. The Bertz CT molecular complexity index is 260. The molecule has 0 aromatic heterocycles. The molecule has 1 N–H and O–H groups in total. The number of carbonyl (C=O) groups excluding carboxylic acids is 1. The van der Waals surface area contributed by atoms with E-state index >= 15 is 0 Å². The molecule has 1 aliphatic carbocycles. The minimum atomic E-state index is 0.220. The summed E-state index contributed by atoms with van der Waals surface area (Å²) in [5, 5.41) is 3.29. The number of allylic oxidation sites excluding steroid dienone is 2. The van der Waals surface area contributed by atoms with Crippen LogP contribution in [0.5, 0.6) is 0 Å². The van der Waals surface area contributed by atoms with Crippen LogP contribution in [0.2, 0.25) is 0 Å². The number of rotatable bonds is 4. The normalized spacial score (nSPS) is 17.8. The van der Waals surface area contributed by atoms with Crippen LogP contribution < -0.4 is 5.32 Å². The highest BCUT2D eigenvalue weighted by molar-refractivity contribution is 5.92. The predicted octanol–water partition coefficient (Wildman–Crippen LogP) is 1.62. The highest BCUT2D eigenvalue weighted by Crippen LogP contribution is 2.13. The van der Waals surface area contributed by atoms with Crippen LogP contribution in [0.4, 0.5) is 0 Å². The molecule has 0 amide bonds. The number of nitrogens with one attached hydrogen (secondary N) is 1. The third-order valence-electron chi connectivity index (χ3n) is 2.22. The monoisotopic (exact) mass is 177 g/mol. The summed E-state index contributed by atoms with van der Waals surface area (Å²) in [6.45, 7) is 2.09. The van der Waals surface area contributed by atoms with E-state index in [0.717, 1.165) is 25.0 Å².